The van der Waals surface area contributed by atoms with Crippen LogP contribution >= 0.6 is 28.3 Å². The van der Waals surface area contributed by atoms with E-state index in [9.17, 15) is 4.39 Å². The highest BCUT2D eigenvalue weighted by Crippen LogP contribution is 2.34. The van der Waals surface area contributed by atoms with Gasteiger partial charge in [-0.3, -0.25) is 0 Å². The van der Waals surface area contributed by atoms with Gasteiger partial charge in [-0.1, -0.05) is 31.4 Å². The molecule has 4 heteroatoms. The molecule has 0 spiro atoms. The lowest BCUT2D eigenvalue weighted by Gasteiger charge is -2.28. The fourth-order valence-electron chi connectivity index (χ4n) is 2.53. The highest BCUT2D eigenvalue weighted by molar-refractivity contribution is 9.10. The highest BCUT2D eigenvalue weighted by Gasteiger charge is 2.24. The Bertz CT molecular complexity index is 366. The first-order valence-electron chi connectivity index (χ1n) is 5.89. The van der Waals surface area contributed by atoms with Crippen LogP contribution in [0.1, 0.15) is 43.7 Å². The van der Waals surface area contributed by atoms with Crippen molar-refractivity contribution >= 4 is 28.3 Å². The van der Waals surface area contributed by atoms with Crippen LogP contribution in [-0.2, 0) is 0 Å². The topological polar surface area (TPSA) is 26.0 Å². The summed E-state index contributed by atoms with van der Waals surface area (Å²) in [5.41, 5.74) is 6.83. The van der Waals surface area contributed by atoms with Crippen molar-refractivity contribution in [2.75, 3.05) is 0 Å². The van der Waals surface area contributed by atoms with Crippen molar-refractivity contribution in [2.24, 2.45) is 11.7 Å². The summed E-state index contributed by atoms with van der Waals surface area (Å²) in [5, 5.41) is 0. The molecule has 0 saturated heterocycles. The first-order chi connectivity index (χ1) is 7.70. The molecule has 1 aromatic carbocycles. The van der Waals surface area contributed by atoms with E-state index in [-0.39, 0.29) is 24.3 Å². The van der Waals surface area contributed by atoms with E-state index >= 15 is 0 Å². The molecule has 1 saturated carbocycles. The van der Waals surface area contributed by atoms with Gasteiger partial charge in [0.25, 0.3) is 0 Å². The van der Waals surface area contributed by atoms with Crippen molar-refractivity contribution in [3.8, 4) is 0 Å². The van der Waals surface area contributed by atoms with Crippen molar-refractivity contribution in [2.45, 2.75) is 38.1 Å². The van der Waals surface area contributed by atoms with Crippen LogP contribution < -0.4 is 5.73 Å². The predicted molar refractivity (Wildman–Crippen MR) is 74.9 cm³/mol. The Hall–Kier alpha value is -0.120. The highest BCUT2D eigenvalue weighted by atomic mass is 79.9. The van der Waals surface area contributed by atoms with Gasteiger partial charge in [-0.25, -0.2) is 4.39 Å². The summed E-state index contributed by atoms with van der Waals surface area (Å²) in [5.74, 6) is 0.248. The molecule has 96 valence electrons. The van der Waals surface area contributed by atoms with Crippen molar-refractivity contribution in [3.63, 3.8) is 0 Å². The second-order valence-electron chi connectivity index (χ2n) is 4.57. The molecule has 0 radical (unpaired) electrons. The monoisotopic (exact) mass is 321 g/mol. The Labute approximate surface area is 117 Å². The molecule has 1 atom stereocenters. The molecule has 1 aromatic rings. The number of hydrogen-bond acceptors (Lipinski definition) is 1. The normalized spacial score (nSPS) is 18.5. The third kappa shape index (κ3) is 3.43. The van der Waals surface area contributed by atoms with Crippen LogP contribution in [0, 0.1) is 11.7 Å². The van der Waals surface area contributed by atoms with Crippen LogP contribution in [0.25, 0.3) is 0 Å². The second-order valence-corrected chi connectivity index (χ2v) is 5.42. The van der Waals surface area contributed by atoms with Crippen LogP contribution in [0.2, 0.25) is 0 Å². The molecule has 2 rings (SSSR count). The van der Waals surface area contributed by atoms with Crippen molar-refractivity contribution in [3.05, 3.63) is 34.1 Å². The zero-order valence-corrected chi connectivity index (χ0v) is 12.1. The van der Waals surface area contributed by atoms with E-state index in [2.05, 4.69) is 15.9 Å². The standard InChI is InChI=1S/C13H17BrFN.ClH/c14-11-8-4-7-10(12(11)15)13(16)9-5-2-1-3-6-9;/h4,7-9,13H,1-3,5-6,16H2;1H/t13-;/m1./s1. The molecule has 1 aliphatic carbocycles. The summed E-state index contributed by atoms with van der Waals surface area (Å²) in [6.07, 6.45) is 6.02. The summed E-state index contributed by atoms with van der Waals surface area (Å²) in [6, 6.07) is 5.22. The summed E-state index contributed by atoms with van der Waals surface area (Å²) >= 11 is 3.21. The quantitative estimate of drug-likeness (QED) is 0.846. The van der Waals surface area contributed by atoms with E-state index < -0.39 is 0 Å². The Balaban J connectivity index is 0.00000144. The molecule has 0 aliphatic heterocycles. The Kier molecular flexibility index (Phi) is 5.90. The third-order valence-corrected chi connectivity index (χ3v) is 4.11. The van der Waals surface area contributed by atoms with Gasteiger partial charge in [-0.15, -0.1) is 12.4 Å². The third-order valence-electron chi connectivity index (χ3n) is 3.50. The van der Waals surface area contributed by atoms with Crippen molar-refractivity contribution < 1.29 is 4.39 Å². The average molecular weight is 323 g/mol. The van der Waals surface area contributed by atoms with E-state index in [1.807, 2.05) is 6.07 Å². The molecule has 0 unspecified atom stereocenters. The van der Waals surface area contributed by atoms with Crippen molar-refractivity contribution in [1.82, 2.24) is 0 Å². The number of nitrogens with two attached hydrogens (primary N) is 1. The molecule has 1 fully saturated rings. The van der Waals surface area contributed by atoms with Crippen LogP contribution in [0.4, 0.5) is 4.39 Å². The largest absolute Gasteiger partial charge is 0.324 e. The number of halogens is 3. The maximum absolute atomic E-state index is 13.9. The van der Waals surface area contributed by atoms with Crippen molar-refractivity contribution in [1.29, 1.82) is 0 Å². The van der Waals surface area contributed by atoms with Gasteiger partial charge in [-0.2, -0.15) is 0 Å². The van der Waals surface area contributed by atoms with E-state index in [4.69, 9.17) is 5.73 Å². The molecule has 0 aromatic heterocycles. The average Bonchev–Trinajstić information content (AvgIpc) is 2.33. The smallest absolute Gasteiger partial charge is 0.142 e. The Morgan fingerprint density at radius 3 is 2.53 bits per heavy atom. The van der Waals surface area contributed by atoms with Crippen LogP contribution in [0.5, 0.6) is 0 Å². The van der Waals surface area contributed by atoms with E-state index in [1.165, 1.54) is 19.3 Å². The number of rotatable bonds is 2. The molecule has 1 aliphatic rings. The fourth-order valence-corrected chi connectivity index (χ4v) is 2.91. The van der Waals surface area contributed by atoms with Crippen LogP contribution in [0.15, 0.2) is 22.7 Å². The summed E-state index contributed by atoms with van der Waals surface area (Å²) < 4.78 is 14.4. The Morgan fingerprint density at radius 2 is 1.88 bits per heavy atom. The minimum atomic E-state index is -0.194. The van der Waals surface area contributed by atoms with Gasteiger partial charge in [-0.05, 0) is 40.8 Å². The summed E-state index contributed by atoms with van der Waals surface area (Å²) in [6.45, 7) is 0. The molecule has 0 bridgehead atoms. The van der Waals surface area contributed by atoms with Gasteiger partial charge in [0.2, 0.25) is 0 Å². The van der Waals surface area contributed by atoms with Gasteiger partial charge in [0.15, 0.2) is 0 Å². The summed E-state index contributed by atoms with van der Waals surface area (Å²) in [4.78, 5) is 0. The fraction of sp³-hybridized carbons (Fsp3) is 0.538. The molecular formula is C13H18BrClFN. The molecular weight excluding hydrogens is 305 g/mol. The minimum absolute atomic E-state index is 0. The number of hydrogen-bond donors (Lipinski definition) is 1. The molecule has 0 heterocycles. The first-order valence-corrected chi connectivity index (χ1v) is 6.69. The zero-order chi connectivity index (χ0) is 11.5. The zero-order valence-electron chi connectivity index (χ0n) is 9.66. The molecule has 2 N–H and O–H groups in total. The molecule has 17 heavy (non-hydrogen) atoms. The van der Waals surface area contributed by atoms with Gasteiger partial charge in [0.05, 0.1) is 4.47 Å². The number of benzene rings is 1. The second kappa shape index (κ2) is 6.72. The van der Waals surface area contributed by atoms with E-state index in [0.717, 1.165) is 12.8 Å². The SMILES string of the molecule is Cl.N[C@@H](c1cccc(Br)c1F)C1CCCCC1. The first kappa shape index (κ1) is 14.9. The lowest BCUT2D eigenvalue weighted by Crippen LogP contribution is -2.24. The lowest BCUT2D eigenvalue weighted by atomic mass is 9.81. The molecule has 1 nitrogen and oxygen atoms in total. The van der Waals surface area contributed by atoms with E-state index in [0.29, 0.717) is 16.0 Å². The van der Waals surface area contributed by atoms with Crippen LogP contribution in [0.3, 0.4) is 0 Å². The maximum Gasteiger partial charge on any atom is 0.142 e. The van der Waals surface area contributed by atoms with Gasteiger partial charge < -0.3 is 5.73 Å². The molecule has 0 amide bonds. The lowest BCUT2D eigenvalue weighted by molar-refractivity contribution is 0.303. The summed E-state index contributed by atoms with van der Waals surface area (Å²) in [7, 11) is 0. The van der Waals surface area contributed by atoms with Crippen LogP contribution in [-0.4, -0.2) is 0 Å². The van der Waals surface area contributed by atoms with Gasteiger partial charge >= 0.3 is 0 Å². The Morgan fingerprint density at radius 1 is 1.24 bits per heavy atom. The minimum Gasteiger partial charge on any atom is -0.324 e. The van der Waals surface area contributed by atoms with Gasteiger partial charge in [0.1, 0.15) is 5.82 Å². The predicted octanol–water partition coefficient (Wildman–Crippen LogP) is 4.59. The van der Waals surface area contributed by atoms with E-state index in [1.54, 1.807) is 12.1 Å². The van der Waals surface area contributed by atoms with Gasteiger partial charge in [0, 0.05) is 11.6 Å². The maximum atomic E-state index is 13.9.